The Morgan fingerprint density at radius 3 is 2.83 bits per heavy atom. The molecular weight excluding hydrogens is 296 g/mol. The fourth-order valence-electron chi connectivity index (χ4n) is 2.42. The first kappa shape index (κ1) is 13.5. The Labute approximate surface area is 116 Å². The number of anilines is 1. The summed E-state index contributed by atoms with van der Waals surface area (Å²) in [6.07, 6.45) is 6.60. The van der Waals surface area contributed by atoms with Crippen molar-refractivity contribution in [3.63, 3.8) is 0 Å². The average molecular weight is 315 g/mol. The molecule has 2 rings (SSSR count). The van der Waals surface area contributed by atoms with Crippen LogP contribution in [0, 0.1) is 5.41 Å². The summed E-state index contributed by atoms with van der Waals surface area (Å²) >= 11 is 3.33. The molecule has 0 amide bonds. The standard InChI is InChI=1S/C12H19BrN4O/c1-18-10-9(13)6-15-11(17-10)16-8-12(7-14)4-2-3-5-12/h6H,2-5,7-8,14H2,1H3,(H,15,16,17). The highest BCUT2D eigenvalue weighted by atomic mass is 79.9. The summed E-state index contributed by atoms with van der Waals surface area (Å²) in [5.41, 5.74) is 6.11. The van der Waals surface area contributed by atoms with Crippen molar-refractivity contribution >= 4 is 21.9 Å². The van der Waals surface area contributed by atoms with Gasteiger partial charge in [-0.05, 0) is 40.7 Å². The molecule has 0 aromatic carbocycles. The van der Waals surface area contributed by atoms with Gasteiger partial charge in [-0.2, -0.15) is 4.98 Å². The summed E-state index contributed by atoms with van der Waals surface area (Å²) in [4.78, 5) is 8.51. The monoisotopic (exact) mass is 314 g/mol. The van der Waals surface area contributed by atoms with Gasteiger partial charge >= 0.3 is 0 Å². The largest absolute Gasteiger partial charge is 0.480 e. The van der Waals surface area contributed by atoms with E-state index in [1.54, 1.807) is 13.3 Å². The van der Waals surface area contributed by atoms with Crippen LogP contribution in [0.15, 0.2) is 10.7 Å². The zero-order valence-electron chi connectivity index (χ0n) is 10.6. The molecule has 1 aliphatic carbocycles. The second-order valence-corrected chi connectivity index (χ2v) is 5.67. The van der Waals surface area contributed by atoms with Crippen LogP contribution in [0.1, 0.15) is 25.7 Å². The van der Waals surface area contributed by atoms with E-state index in [-0.39, 0.29) is 5.41 Å². The number of hydrogen-bond donors (Lipinski definition) is 2. The highest BCUT2D eigenvalue weighted by Crippen LogP contribution is 2.37. The quantitative estimate of drug-likeness (QED) is 0.871. The second-order valence-electron chi connectivity index (χ2n) is 4.82. The maximum Gasteiger partial charge on any atom is 0.232 e. The topological polar surface area (TPSA) is 73.1 Å². The van der Waals surface area contributed by atoms with E-state index in [9.17, 15) is 0 Å². The molecule has 1 aliphatic rings. The zero-order valence-corrected chi connectivity index (χ0v) is 12.2. The molecule has 1 aromatic rings. The highest BCUT2D eigenvalue weighted by molar-refractivity contribution is 9.10. The van der Waals surface area contributed by atoms with Crippen molar-refractivity contribution < 1.29 is 4.74 Å². The first-order chi connectivity index (χ1) is 8.69. The predicted octanol–water partition coefficient (Wildman–Crippen LogP) is 2.18. The number of aromatic nitrogens is 2. The maximum atomic E-state index is 5.90. The van der Waals surface area contributed by atoms with Gasteiger partial charge < -0.3 is 15.8 Å². The van der Waals surface area contributed by atoms with Crippen molar-refractivity contribution in [2.45, 2.75) is 25.7 Å². The third kappa shape index (κ3) is 2.92. The summed E-state index contributed by atoms with van der Waals surface area (Å²) in [6, 6.07) is 0. The van der Waals surface area contributed by atoms with Crippen LogP contribution in [-0.2, 0) is 0 Å². The van der Waals surface area contributed by atoms with Crippen LogP contribution in [0.5, 0.6) is 5.88 Å². The van der Waals surface area contributed by atoms with Gasteiger partial charge in [0.25, 0.3) is 0 Å². The van der Waals surface area contributed by atoms with E-state index in [1.807, 2.05) is 0 Å². The molecule has 0 saturated heterocycles. The molecule has 18 heavy (non-hydrogen) atoms. The molecule has 1 aromatic heterocycles. The number of ether oxygens (including phenoxy) is 1. The molecule has 0 radical (unpaired) electrons. The molecule has 5 nitrogen and oxygen atoms in total. The van der Waals surface area contributed by atoms with Gasteiger partial charge in [0.05, 0.1) is 17.8 Å². The Hall–Kier alpha value is -0.880. The summed E-state index contributed by atoms with van der Waals surface area (Å²) in [5, 5.41) is 3.28. The van der Waals surface area contributed by atoms with Crippen molar-refractivity contribution in [1.29, 1.82) is 0 Å². The molecule has 6 heteroatoms. The van der Waals surface area contributed by atoms with Crippen molar-refractivity contribution in [3.8, 4) is 5.88 Å². The third-order valence-electron chi connectivity index (χ3n) is 3.62. The summed E-state index contributed by atoms with van der Waals surface area (Å²) in [7, 11) is 1.59. The minimum atomic E-state index is 0.212. The summed E-state index contributed by atoms with van der Waals surface area (Å²) < 4.78 is 5.90. The minimum Gasteiger partial charge on any atom is -0.480 e. The molecule has 1 saturated carbocycles. The third-order valence-corrected chi connectivity index (χ3v) is 4.17. The zero-order chi connectivity index (χ0) is 13.0. The molecule has 0 unspecified atom stereocenters. The number of halogens is 1. The predicted molar refractivity (Wildman–Crippen MR) is 74.7 cm³/mol. The normalized spacial score (nSPS) is 17.7. The molecule has 3 N–H and O–H groups in total. The molecule has 0 bridgehead atoms. The number of nitrogens with two attached hydrogens (primary N) is 1. The molecule has 0 atom stereocenters. The molecule has 1 heterocycles. The Bertz CT molecular complexity index is 407. The smallest absolute Gasteiger partial charge is 0.232 e. The van der Waals surface area contributed by atoms with Gasteiger partial charge in [-0.1, -0.05) is 12.8 Å². The van der Waals surface area contributed by atoms with Crippen LogP contribution in [0.2, 0.25) is 0 Å². The fourth-order valence-corrected chi connectivity index (χ4v) is 2.78. The van der Waals surface area contributed by atoms with E-state index in [4.69, 9.17) is 10.5 Å². The fraction of sp³-hybridized carbons (Fsp3) is 0.667. The van der Waals surface area contributed by atoms with Crippen LogP contribution in [0.3, 0.4) is 0 Å². The van der Waals surface area contributed by atoms with Crippen LogP contribution < -0.4 is 15.8 Å². The van der Waals surface area contributed by atoms with E-state index in [0.29, 0.717) is 18.4 Å². The lowest BCUT2D eigenvalue weighted by Gasteiger charge is -2.27. The van der Waals surface area contributed by atoms with E-state index < -0.39 is 0 Å². The lowest BCUT2D eigenvalue weighted by Crippen LogP contribution is -2.35. The van der Waals surface area contributed by atoms with Crippen LogP contribution in [0.25, 0.3) is 0 Å². The second kappa shape index (κ2) is 5.84. The lowest BCUT2D eigenvalue weighted by molar-refractivity contribution is 0.331. The number of hydrogen-bond acceptors (Lipinski definition) is 5. The van der Waals surface area contributed by atoms with E-state index in [1.165, 1.54) is 25.7 Å². The SMILES string of the molecule is COc1nc(NCC2(CN)CCCC2)ncc1Br. The van der Waals surface area contributed by atoms with E-state index in [0.717, 1.165) is 11.0 Å². The minimum absolute atomic E-state index is 0.212. The summed E-state index contributed by atoms with van der Waals surface area (Å²) in [5.74, 6) is 1.13. The van der Waals surface area contributed by atoms with Gasteiger partial charge in [0.2, 0.25) is 11.8 Å². The number of methoxy groups -OCH3 is 1. The Morgan fingerprint density at radius 2 is 2.22 bits per heavy atom. The van der Waals surface area contributed by atoms with Gasteiger partial charge in [-0.3, -0.25) is 0 Å². The van der Waals surface area contributed by atoms with Gasteiger partial charge in [-0.25, -0.2) is 4.98 Å². The van der Waals surface area contributed by atoms with Gasteiger partial charge in [0.15, 0.2) is 0 Å². The van der Waals surface area contributed by atoms with Gasteiger partial charge in [0.1, 0.15) is 0 Å². The molecule has 100 valence electrons. The molecule has 0 aliphatic heterocycles. The first-order valence-corrected chi connectivity index (χ1v) is 6.99. The lowest BCUT2D eigenvalue weighted by atomic mass is 9.86. The van der Waals surface area contributed by atoms with Crippen molar-refractivity contribution in [2.24, 2.45) is 11.1 Å². The Kier molecular flexibility index (Phi) is 4.40. The van der Waals surface area contributed by atoms with E-state index >= 15 is 0 Å². The Balaban J connectivity index is 2.01. The van der Waals surface area contributed by atoms with Crippen LogP contribution in [0.4, 0.5) is 5.95 Å². The van der Waals surface area contributed by atoms with Crippen molar-refractivity contribution in [1.82, 2.24) is 9.97 Å². The Morgan fingerprint density at radius 1 is 1.50 bits per heavy atom. The highest BCUT2D eigenvalue weighted by Gasteiger charge is 2.32. The van der Waals surface area contributed by atoms with Gasteiger partial charge in [-0.15, -0.1) is 0 Å². The molecule has 1 fully saturated rings. The molecule has 0 spiro atoms. The number of nitrogens with zero attached hydrogens (tertiary/aromatic N) is 2. The van der Waals surface area contributed by atoms with Crippen LogP contribution >= 0.6 is 15.9 Å². The first-order valence-electron chi connectivity index (χ1n) is 6.20. The van der Waals surface area contributed by atoms with Gasteiger partial charge in [0, 0.05) is 6.54 Å². The number of nitrogens with one attached hydrogen (secondary N) is 1. The van der Waals surface area contributed by atoms with Crippen molar-refractivity contribution in [3.05, 3.63) is 10.7 Å². The average Bonchev–Trinajstić information content (AvgIpc) is 2.87. The van der Waals surface area contributed by atoms with Crippen molar-refractivity contribution in [2.75, 3.05) is 25.5 Å². The maximum absolute atomic E-state index is 5.90. The summed E-state index contributed by atoms with van der Waals surface area (Å²) in [6.45, 7) is 1.54. The number of rotatable bonds is 5. The van der Waals surface area contributed by atoms with E-state index in [2.05, 4.69) is 31.2 Å². The molecular formula is C12H19BrN4O. The van der Waals surface area contributed by atoms with Crippen LogP contribution in [-0.4, -0.2) is 30.2 Å².